The summed E-state index contributed by atoms with van der Waals surface area (Å²) in [6.45, 7) is 3.84. The molecule has 0 fully saturated rings. The maximum absolute atomic E-state index is 9.21. The summed E-state index contributed by atoms with van der Waals surface area (Å²) in [7, 11) is 1.69. The van der Waals surface area contributed by atoms with Gasteiger partial charge in [-0.3, -0.25) is 0 Å². The topological polar surface area (TPSA) is 29.5 Å². The zero-order chi connectivity index (χ0) is 10.6. The van der Waals surface area contributed by atoms with Gasteiger partial charge in [0.05, 0.1) is 13.2 Å². The number of rotatable bonds is 4. The van der Waals surface area contributed by atoms with E-state index in [-0.39, 0.29) is 6.10 Å². The van der Waals surface area contributed by atoms with Gasteiger partial charge >= 0.3 is 0 Å². The lowest BCUT2D eigenvalue weighted by Crippen LogP contribution is -2.03. The molecule has 0 aromatic heterocycles. The Hall–Kier alpha value is -1.02. The summed E-state index contributed by atoms with van der Waals surface area (Å²) in [4.78, 5) is 0. The Labute approximate surface area is 85.5 Å². The van der Waals surface area contributed by atoms with Crippen LogP contribution in [0.3, 0.4) is 0 Å². The molecular weight excluding hydrogens is 176 g/mol. The van der Waals surface area contributed by atoms with Crippen LogP contribution >= 0.6 is 0 Å². The van der Waals surface area contributed by atoms with Crippen molar-refractivity contribution in [3.8, 4) is 5.75 Å². The van der Waals surface area contributed by atoms with Crippen molar-refractivity contribution in [2.24, 2.45) is 0 Å². The minimum atomic E-state index is -0.250. The highest BCUT2D eigenvalue weighted by atomic mass is 16.5. The third-order valence-corrected chi connectivity index (χ3v) is 2.33. The van der Waals surface area contributed by atoms with Gasteiger partial charge in [0.15, 0.2) is 0 Å². The zero-order valence-corrected chi connectivity index (χ0v) is 9.08. The summed E-state index contributed by atoms with van der Waals surface area (Å²) in [6, 6.07) is 6.11. The molecule has 0 aliphatic heterocycles. The molecule has 14 heavy (non-hydrogen) atoms. The third kappa shape index (κ3) is 2.74. The fourth-order valence-corrected chi connectivity index (χ4v) is 1.57. The summed E-state index contributed by atoms with van der Waals surface area (Å²) in [6.07, 6.45) is 1.39. The van der Waals surface area contributed by atoms with Crippen molar-refractivity contribution in [3.63, 3.8) is 0 Å². The number of aryl methyl sites for hydroxylation is 2. The molecule has 0 bridgehead atoms. The molecule has 0 heterocycles. The molecule has 0 spiro atoms. The van der Waals surface area contributed by atoms with Crippen LogP contribution in [0.4, 0.5) is 0 Å². The van der Waals surface area contributed by atoms with Crippen LogP contribution in [0.25, 0.3) is 0 Å². The number of methoxy groups -OCH3 is 1. The maximum Gasteiger partial charge on any atom is 0.124 e. The van der Waals surface area contributed by atoms with E-state index in [1.165, 1.54) is 5.56 Å². The van der Waals surface area contributed by atoms with Crippen molar-refractivity contribution in [2.45, 2.75) is 32.8 Å². The van der Waals surface area contributed by atoms with Gasteiger partial charge in [0.25, 0.3) is 0 Å². The Morgan fingerprint density at radius 3 is 2.71 bits per heavy atom. The van der Waals surface area contributed by atoms with Crippen LogP contribution in [-0.4, -0.2) is 18.3 Å². The second-order valence-electron chi connectivity index (χ2n) is 3.65. The second-order valence-corrected chi connectivity index (χ2v) is 3.65. The first-order valence-corrected chi connectivity index (χ1v) is 4.95. The van der Waals surface area contributed by atoms with E-state index in [0.29, 0.717) is 0 Å². The van der Waals surface area contributed by atoms with Gasteiger partial charge in [-0.1, -0.05) is 18.2 Å². The first kappa shape index (κ1) is 11.1. The van der Waals surface area contributed by atoms with Crippen LogP contribution in [0, 0.1) is 6.92 Å². The molecule has 0 aliphatic carbocycles. The zero-order valence-electron chi connectivity index (χ0n) is 9.08. The molecule has 1 atom stereocenters. The van der Waals surface area contributed by atoms with Crippen molar-refractivity contribution in [1.82, 2.24) is 0 Å². The Morgan fingerprint density at radius 1 is 1.43 bits per heavy atom. The molecule has 2 heteroatoms. The molecule has 1 aromatic carbocycles. The van der Waals surface area contributed by atoms with E-state index in [1.54, 1.807) is 7.11 Å². The molecule has 1 N–H and O–H groups in total. The summed E-state index contributed by atoms with van der Waals surface area (Å²) >= 11 is 0. The molecule has 1 rings (SSSR count). The van der Waals surface area contributed by atoms with Crippen LogP contribution in [0.2, 0.25) is 0 Å². The molecule has 2 nitrogen and oxygen atoms in total. The van der Waals surface area contributed by atoms with Gasteiger partial charge in [-0.15, -0.1) is 0 Å². The van der Waals surface area contributed by atoms with Gasteiger partial charge in [-0.05, 0) is 37.8 Å². The normalized spacial score (nSPS) is 12.6. The summed E-state index contributed by atoms with van der Waals surface area (Å²) < 4.78 is 5.33. The van der Waals surface area contributed by atoms with Crippen molar-refractivity contribution in [2.75, 3.05) is 7.11 Å². The largest absolute Gasteiger partial charge is 0.496 e. The van der Waals surface area contributed by atoms with Crippen molar-refractivity contribution in [1.29, 1.82) is 0 Å². The lowest BCUT2D eigenvalue weighted by atomic mass is 10.0. The first-order chi connectivity index (χ1) is 6.65. The average molecular weight is 194 g/mol. The number of hydrogen-bond acceptors (Lipinski definition) is 2. The monoisotopic (exact) mass is 194 g/mol. The molecule has 1 aromatic rings. The number of hydrogen-bond donors (Lipinski definition) is 1. The van der Waals surface area contributed by atoms with E-state index in [4.69, 9.17) is 4.74 Å². The Kier molecular flexibility index (Phi) is 3.96. The van der Waals surface area contributed by atoms with E-state index >= 15 is 0 Å². The molecule has 1 unspecified atom stereocenters. The van der Waals surface area contributed by atoms with Gasteiger partial charge in [0.2, 0.25) is 0 Å². The number of aliphatic hydroxyl groups is 1. The van der Waals surface area contributed by atoms with Crippen LogP contribution in [-0.2, 0) is 6.42 Å². The fraction of sp³-hybridized carbons (Fsp3) is 0.500. The Balaban J connectivity index is 2.80. The molecule has 0 saturated heterocycles. The highest BCUT2D eigenvalue weighted by Crippen LogP contribution is 2.24. The summed E-state index contributed by atoms with van der Waals surface area (Å²) in [5.74, 6) is 0.952. The predicted molar refractivity (Wildman–Crippen MR) is 57.7 cm³/mol. The Bertz CT molecular complexity index is 292. The quantitative estimate of drug-likeness (QED) is 0.797. The number of aliphatic hydroxyl groups excluding tert-OH is 1. The lowest BCUT2D eigenvalue weighted by Gasteiger charge is -2.11. The van der Waals surface area contributed by atoms with Gasteiger partial charge < -0.3 is 9.84 Å². The number of benzene rings is 1. The van der Waals surface area contributed by atoms with E-state index in [9.17, 15) is 5.11 Å². The number of para-hydroxylation sites is 1. The average Bonchev–Trinajstić information content (AvgIpc) is 2.14. The molecule has 0 aliphatic rings. The SMILES string of the molecule is COc1c(C)cccc1CCC(C)O. The second kappa shape index (κ2) is 5.01. The van der Waals surface area contributed by atoms with Gasteiger partial charge in [-0.25, -0.2) is 0 Å². The Morgan fingerprint density at radius 2 is 2.14 bits per heavy atom. The standard InChI is InChI=1S/C12H18O2/c1-9-5-4-6-11(12(9)14-3)8-7-10(2)13/h4-6,10,13H,7-8H2,1-3H3. The molecule has 0 saturated carbocycles. The molecule has 78 valence electrons. The summed E-state index contributed by atoms with van der Waals surface area (Å²) in [5, 5.41) is 9.21. The van der Waals surface area contributed by atoms with Crippen LogP contribution in [0.15, 0.2) is 18.2 Å². The van der Waals surface area contributed by atoms with Gasteiger partial charge in [0, 0.05) is 0 Å². The minimum Gasteiger partial charge on any atom is -0.496 e. The van der Waals surface area contributed by atoms with Gasteiger partial charge in [-0.2, -0.15) is 0 Å². The summed E-state index contributed by atoms with van der Waals surface area (Å²) in [5.41, 5.74) is 2.32. The van der Waals surface area contributed by atoms with E-state index < -0.39 is 0 Å². The minimum absolute atomic E-state index is 0.250. The third-order valence-electron chi connectivity index (χ3n) is 2.33. The molecule has 0 radical (unpaired) electrons. The highest BCUT2D eigenvalue weighted by Gasteiger charge is 2.06. The van der Waals surface area contributed by atoms with Gasteiger partial charge in [0.1, 0.15) is 5.75 Å². The smallest absolute Gasteiger partial charge is 0.124 e. The highest BCUT2D eigenvalue weighted by molar-refractivity contribution is 5.40. The van der Waals surface area contributed by atoms with Crippen LogP contribution in [0.5, 0.6) is 5.75 Å². The number of ether oxygens (including phenoxy) is 1. The lowest BCUT2D eigenvalue weighted by molar-refractivity contribution is 0.184. The van der Waals surface area contributed by atoms with E-state index in [0.717, 1.165) is 24.2 Å². The first-order valence-electron chi connectivity index (χ1n) is 4.95. The predicted octanol–water partition coefficient (Wildman–Crippen LogP) is 2.32. The van der Waals surface area contributed by atoms with Crippen molar-refractivity contribution < 1.29 is 9.84 Å². The van der Waals surface area contributed by atoms with Crippen molar-refractivity contribution in [3.05, 3.63) is 29.3 Å². The van der Waals surface area contributed by atoms with Crippen molar-refractivity contribution >= 4 is 0 Å². The van der Waals surface area contributed by atoms with Crippen LogP contribution < -0.4 is 4.74 Å². The fourth-order valence-electron chi connectivity index (χ4n) is 1.57. The maximum atomic E-state index is 9.21. The molecule has 0 amide bonds. The molecular formula is C12H18O2. The van der Waals surface area contributed by atoms with Crippen LogP contribution in [0.1, 0.15) is 24.5 Å². The van der Waals surface area contributed by atoms with E-state index in [1.807, 2.05) is 32.0 Å². The van der Waals surface area contributed by atoms with E-state index in [2.05, 4.69) is 0 Å².